The first-order chi connectivity index (χ1) is 9.15. The lowest BCUT2D eigenvalue weighted by Gasteiger charge is -2.07. The van der Waals surface area contributed by atoms with Gasteiger partial charge in [-0.05, 0) is 44.9 Å². The molecule has 0 unspecified atom stereocenters. The number of aromatic nitrogens is 1. The van der Waals surface area contributed by atoms with Crippen LogP contribution in [-0.2, 0) is 4.74 Å². The van der Waals surface area contributed by atoms with E-state index in [9.17, 15) is 0 Å². The first-order valence-corrected chi connectivity index (χ1v) is 8.17. The summed E-state index contributed by atoms with van der Waals surface area (Å²) in [5.41, 5.74) is 1.05. The molecule has 0 aliphatic carbocycles. The van der Waals surface area contributed by atoms with Gasteiger partial charge in [0.15, 0.2) is 5.13 Å². The predicted octanol–water partition coefficient (Wildman–Crippen LogP) is 4.68. The number of unbranched alkanes of at least 4 members (excludes halogenated alkanes) is 1. The summed E-state index contributed by atoms with van der Waals surface area (Å²) in [4.78, 5) is 4.56. The fourth-order valence-electron chi connectivity index (χ4n) is 1.72. The second kappa shape index (κ2) is 7.22. The van der Waals surface area contributed by atoms with Gasteiger partial charge in [0.1, 0.15) is 0 Å². The molecule has 0 bridgehead atoms. The number of anilines is 1. The Morgan fingerprint density at radius 3 is 3.00 bits per heavy atom. The van der Waals surface area contributed by atoms with Crippen LogP contribution in [0.3, 0.4) is 0 Å². The summed E-state index contributed by atoms with van der Waals surface area (Å²) in [6, 6.07) is 6.17. The molecule has 0 saturated heterocycles. The maximum Gasteiger partial charge on any atom is 0.183 e. The summed E-state index contributed by atoms with van der Waals surface area (Å²) in [6.45, 7) is 5.92. The third-order valence-corrected chi connectivity index (χ3v) is 4.12. The molecule has 1 heterocycles. The van der Waals surface area contributed by atoms with Crippen LogP contribution in [0.5, 0.6) is 0 Å². The maximum absolute atomic E-state index is 5.51. The molecule has 5 heteroatoms. The van der Waals surface area contributed by atoms with E-state index in [0.717, 1.165) is 41.1 Å². The first kappa shape index (κ1) is 14.8. The molecule has 0 fully saturated rings. The Hall–Kier alpha value is -0.650. The molecule has 0 saturated carbocycles. The zero-order valence-corrected chi connectivity index (χ0v) is 13.7. The van der Waals surface area contributed by atoms with Gasteiger partial charge in [-0.25, -0.2) is 4.98 Å². The van der Waals surface area contributed by atoms with Gasteiger partial charge in [0.05, 0.1) is 16.3 Å². The molecule has 1 aromatic carbocycles. The number of halogens is 1. The van der Waals surface area contributed by atoms with E-state index in [1.54, 1.807) is 11.3 Å². The topological polar surface area (TPSA) is 34.1 Å². The molecule has 104 valence electrons. The van der Waals surface area contributed by atoms with Crippen LogP contribution in [0.1, 0.15) is 26.7 Å². The molecule has 2 rings (SSSR count). The summed E-state index contributed by atoms with van der Waals surface area (Å²) in [7, 11) is 0. The number of fused-ring (bicyclic) bond motifs is 1. The number of rotatable bonds is 7. The standard InChI is InChI=1S/C14H19BrN2OS/c1-10(2)18-8-4-3-7-16-14-17-12-6-5-11(15)9-13(12)19-14/h5-6,9-10H,3-4,7-8H2,1-2H3,(H,16,17). The molecule has 19 heavy (non-hydrogen) atoms. The van der Waals surface area contributed by atoms with Crippen LogP contribution in [0, 0.1) is 0 Å². The minimum atomic E-state index is 0.329. The third-order valence-electron chi connectivity index (χ3n) is 2.65. The van der Waals surface area contributed by atoms with E-state index in [1.165, 1.54) is 4.70 Å². The van der Waals surface area contributed by atoms with E-state index in [-0.39, 0.29) is 0 Å². The largest absolute Gasteiger partial charge is 0.379 e. The molecule has 0 radical (unpaired) electrons. The lowest BCUT2D eigenvalue weighted by atomic mass is 10.3. The second-order valence-corrected chi connectivity index (χ2v) is 6.63. The van der Waals surface area contributed by atoms with Crippen LogP contribution >= 0.6 is 27.3 Å². The highest BCUT2D eigenvalue weighted by atomic mass is 79.9. The highest BCUT2D eigenvalue weighted by Gasteiger charge is 2.03. The number of nitrogens with zero attached hydrogens (tertiary/aromatic N) is 1. The van der Waals surface area contributed by atoms with E-state index in [1.807, 2.05) is 12.1 Å². The Morgan fingerprint density at radius 1 is 1.37 bits per heavy atom. The van der Waals surface area contributed by atoms with Crippen molar-refractivity contribution in [3.63, 3.8) is 0 Å². The van der Waals surface area contributed by atoms with Crippen LogP contribution < -0.4 is 5.32 Å². The van der Waals surface area contributed by atoms with Gasteiger partial charge in [-0.3, -0.25) is 0 Å². The summed E-state index contributed by atoms with van der Waals surface area (Å²) in [5.74, 6) is 0. The Morgan fingerprint density at radius 2 is 2.21 bits per heavy atom. The van der Waals surface area contributed by atoms with Crippen molar-refractivity contribution in [2.75, 3.05) is 18.5 Å². The quantitative estimate of drug-likeness (QED) is 0.742. The van der Waals surface area contributed by atoms with Crippen LogP contribution in [-0.4, -0.2) is 24.2 Å². The van der Waals surface area contributed by atoms with E-state index >= 15 is 0 Å². The maximum atomic E-state index is 5.51. The van der Waals surface area contributed by atoms with Gasteiger partial charge in [0.2, 0.25) is 0 Å². The number of hydrogen-bond donors (Lipinski definition) is 1. The fraction of sp³-hybridized carbons (Fsp3) is 0.500. The van der Waals surface area contributed by atoms with Gasteiger partial charge >= 0.3 is 0 Å². The van der Waals surface area contributed by atoms with Crippen molar-refractivity contribution in [2.45, 2.75) is 32.8 Å². The molecule has 0 aliphatic rings. The highest BCUT2D eigenvalue weighted by molar-refractivity contribution is 9.10. The average molecular weight is 343 g/mol. The normalized spacial score (nSPS) is 11.4. The first-order valence-electron chi connectivity index (χ1n) is 6.57. The fourth-order valence-corrected chi connectivity index (χ4v) is 3.16. The van der Waals surface area contributed by atoms with Gasteiger partial charge in [0.25, 0.3) is 0 Å². The van der Waals surface area contributed by atoms with E-state index in [0.29, 0.717) is 6.10 Å². The number of hydrogen-bond acceptors (Lipinski definition) is 4. The molecule has 3 nitrogen and oxygen atoms in total. The molecule has 2 aromatic rings. The van der Waals surface area contributed by atoms with Crippen molar-refractivity contribution >= 4 is 42.6 Å². The molecule has 0 aliphatic heterocycles. The lowest BCUT2D eigenvalue weighted by molar-refractivity contribution is 0.0765. The highest BCUT2D eigenvalue weighted by Crippen LogP contribution is 2.28. The van der Waals surface area contributed by atoms with Crippen molar-refractivity contribution in [1.82, 2.24) is 4.98 Å². The second-order valence-electron chi connectivity index (χ2n) is 4.68. The number of ether oxygens (including phenoxy) is 1. The van der Waals surface area contributed by atoms with Crippen molar-refractivity contribution in [3.8, 4) is 0 Å². The number of thiazole rings is 1. The molecule has 1 aromatic heterocycles. The van der Waals surface area contributed by atoms with E-state index in [4.69, 9.17) is 4.74 Å². The van der Waals surface area contributed by atoms with Crippen LogP contribution in [0.15, 0.2) is 22.7 Å². The Labute approximate surface area is 126 Å². The summed E-state index contributed by atoms with van der Waals surface area (Å²) in [5, 5.41) is 4.38. The predicted molar refractivity (Wildman–Crippen MR) is 86.1 cm³/mol. The van der Waals surface area contributed by atoms with Crippen molar-refractivity contribution in [3.05, 3.63) is 22.7 Å². The van der Waals surface area contributed by atoms with Gasteiger partial charge in [-0.1, -0.05) is 27.3 Å². The van der Waals surface area contributed by atoms with Gasteiger partial charge in [0, 0.05) is 17.6 Å². The third kappa shape index (κ3) is 4.75. The Kier molecular flexibility index (Phi) is 5.60. The van der Waals surface area contributed by atoms with Crippen molar-refractivity contribution in [2.24, 2.45) is 0 Å². The van der Waals surface area contributed by atoms with Gasteiger partial charge in [-0.15, -0.1) is 0 Å². The molecule has 0 amide bonds. The number of nitrogens with one attached hydrogen (secondary N) is 1. The summed E-state index contributed by atoms with van der Waals surface area (Å²) < 4.78 is 7.82. The van der Waals surface area contributed by atoms with Crippen molar-refractivity contribution in [1.29, 1.82) is 0 Å². The minimum Gasteiger partial charge on any atom is -0.379 e. The molecule has 0 atom stereocenters. The zero-order valence-electron chi connectivity index (χ0n) is 11.3. The van der Waals surface area contributed by atoms with Crippen LogP contribution in [0.2, 0.25) is 0 Å². The molecule has 0 spiro atoms. The number of benzene rings is 1. The van der Waals surface area contributed by atoms with Crippen LogP contribution in [0.25, 0.3) is 10.2 Å². The van der Waals surface area contributed by atoms with Gasteiger partial charge < -0.3 is 10.1 Å². The smallest absolute Gasteiger partial charge is 0.183 e. The zero-order chi connectivity index (χ0) is 13.7. The minimum absolute atomic E-state index is 0.329. The Balaban J connectivity index is 1.75. The molecule has 1 N–H and O–H groups in total. The monoisotopic (exact) mass is 342 g/mol. The lowest BCUT2D eigenvalue weighted by Crippen LogP contribution is -2.06. The van der Waals surface area contributed by atoms with Crippen molar-refractivity contribution < 1.29 is 4.74 Å². The van der Waals surface area contributed by atoms with E-state index in [2.05, 4.69) is 46.1 Å². The SMILES string of the molecule is CC(C)OCCCCNc1nc2ccc(Br)cc2s1. The molecular formula is C14H19BrN2OS. The Bertz CT molecular complexity index is 527. The molecular weight excluding hydrogens is 324 g/mol. The van der Waals surface area contributed by atoms with Gasteiger partial charge in [-0.2, -0.15) is 0 Å². The van der Waals surface area contributed by atoms with E-state index < -0.39 is 0 Å². The summed E-state index contributed by atoms with van der Waals surface area (Å²) >= 11 is 5.18. The average Bonchev–Trinajstić information content (AvgIpc) is 2.75. The van der Waals surface area contributed by atoms with Crippen LogP contribution in [0.4, 0.5) is 5.13 Å². The summed E-state index contributed by atoms with van der Waals surface area (Å²) in [6.07, 6.45) is 2.52.